The maximum Gasteiger partial charge on any atom is 0.0579 e. The van der Waals surface area contributed by atoms with Crippen molar-refractivity contribution in [3.05, 3.63) is 6.42 Å². The topological polar surface area (TPSA) is 9.23 Å². The van der Waals surface area contributed by atoms with E-state index in [1.807, 2.05) is 0 Å². The van der Waals surface area contributed by atoms with Crippen LogP contribution >= 0.6 is 0 Å². The Labute approximate surface area is 38.3 Å². The van der Waals surface area contributed by atoms with Crippen molar-refractivity contribution in [1.29, 1.82) is 0 Å². The largest absolute Gasteiger partial charge is 0.378 e. The number of hydrogen-bond acceptors (Lipinski definition) is 1. The molecule has 0 N–H and O–H groups in total. The van der Waals surface area contributed by atoms with Crippen molar-refractivity contribution < 1.29 is 4.74 Å². The highest BCUT2D eigenvalue weighted by atomic mass is 16.5. The summed E-state index contributed by atoms with van der Waals surface area (Å²) in [6.45, 7) is 2.99. The number of hydrogen-bond donors (Lipinski definition) is 0. The summed E-state index contributed by atoms with van der Waals surface area (Å²) < 4.78 is 5.10. The second kappa shape index (κ2) is 1.61. The van der Waals surface area contributed by atoms with E-state index in [4.69, 9.17) is 4.74 Å². The van der Waals surface area contributed by atoms with E-state index >= 15 is 0 Å². The van der Waals surface area contributed by atoms with Crippen molar-refractivity contribution in [2.45, 2.75) is 19.4 Å². The van der Waals surface area contributed by atoms with Crippen LogP contribution in [0.4, 0.5) is 0 Å². The molecule has 0 aliphatic carbocycles. The van der Waals surface area contributed by atoms with Gasteiger partial charge in [0.25, 0.3) is 0 Å². The molecule has 0 bridgehead atoms. The molecule has 1 atom stereocenters. The first-order valence-corrected chi connectivity index (χ1v) is 2.34. The summed E-state index contributed by atoms with van der Waals surface area (Å²) in [4.78, 5) is 0. The van der Waals surface area contributed by atoms with Gasteiger partial charge in [0.2, 0.25) is 0 Å². The van der Waals surface area contributed by atoms with E-state index in [1.54, 1.807) is 0 Å². The van der Waals surface area contributed by atoms with Gasteiger partial charge in [-0.15, -0.1) is 0 Å². The Morgan fingerprint density at radius 3 is 2.83 bits per heavy atom. The molecule has 0 spiro atoms. The first-order chi connectivity index (χ1) is 2.89. The van der Waals surface area contributed by atoms with Gasteiger partial charge < -0.3 is 4.74 Å². The van der Waals surface area contributed by atoms with Gasteiger partial charge in [-0.25, -0.2) is 0 Å². The lowest BCUT2D eigenvalue weighted by atomic mass is 10.3. The van der Waals surface area contributed by atoms with E-state index in [-0.39, 0.29) is 0 Å². The van der Waals surface area contributed by atoms with Crippen LogP contribution in [0.25, 0.3) is 0 Å². The molecular weight excluding hydrogens is 76.1 g/mol. The third-order valence-corrected chi connectivity index (χ3v) is 0.997. The highest BCUT2D eigenvalue weighted by Crippen LogP contribution is 2.07. The van der Waals surface area contributed by atoms with E-state index < -0.39 is 0 Å². The molecule has 0 amide bonds. The van der Waals surface area contributed by atoms with Crippen LogP contribution in [-0.4, -0.2) is 12.7 Å². The molecule has 1 radical (unpaired) electrons. The van der Waals surface area contributed by atoms with Gasteiger partial charge in [-0.05, 0) is 19.8 Å². The summed E-state index contributed by atoms with van der Waals surface area (Å²) in [5, 5.41) is 0. The molecule has 6 heavy (non-hydrogen) atoms. The predicted octanol–water partition coefficient (Wildman–Crippen LogP) is 0.999. The van der Waals surface area contributed by atoms with Crippen LogP contribution in [0.3, 0.4) is 0 Å². The summed E-state index contributed by atoms with van der Waals surface area (Å²) in [6, 6.07) is 0. The van der Waals surface area contributed by atoms with Gasteiger partial charge in [0, 0.05) is 6.61 Å². The summed E-state index contributed by atoms with van der Waals surface area (Å²) in [7, 11) is 0. The Morgan fingerprint density at radius 1 is 1.83 bits per heavy atom. The summed E-state index contributed by atoms with van der Waals surface area (Å²) >= 11 is 0. The lowest BCUT2D eigenvalue weighted by Crippen LogP contribution is -1.95. The maximum absolute atomic E-state index is 5.10. The zero-order valence-corrected chi connectivity index (χ0v) is 3.98. The normalized spacial score (nSPS) is 34.5. The minimum atomic E-state index is 0.421. The monoisotopic (exact) mass is 85.1 g/mol. The molecule has 1 saturated heterocycles. The third-order valence-electron chi connectivity index (χ3n) is 0.997. The molecule has 0 aromatic heterocycles. The standard InChI is InChI=1S/C5H9O/c1-5-3-2-4-6-5/h3,5H,2,4H2,1H3/t5-/m1/s1. The third kappa shape index (κ3) is 0.716. The summed E-state index contributed by atoms with van der Waals surface area (Å²) in [5.74, 6) is 0. The highest BCUT2D eigenvalue weighted by Gasteiger charge is 2.07. The Hall–Kier alpha value is -0.0400. The molecule has 0 unspecified atom stereocenters. The SMILES string of the molecule is C[C@@H]1[CH]CCO1. The van der Waals surface area contributed by atoms with Crippen LogP contribution in [0.5, 0.6) is 0 Å². The first-order valence-electron chi connectivity index (χ1n) is 2.34. The van der Waals surface area contributed by atoms with Gasteiger partial charge >= 0.3 is 0 Å². The smallest absolute Gasteiger partial charge is 0.0579 e. The van der Waals surface area contributed by atoms with Crippen molar-refractivity contribution in [2.75, 3.05) is 6.61 Å². The molecule has 35 valence electrons. The van der Waals surface area contributed by atoms with Crippen LogP contribution in [-0.2, 0) is 4.74 Å². The highest BCUT2D eigenvalue weighted by molar-refractivity contribution is 4.77. The molecule has 1 fully saturated rings. The van der Waals surface area contributed by atoms with Gasteiger partial charge in [-0.3, -0.25) is 0 Å². The van der Waals surface area contributed by atoms with E-state index in [1.165, 1.54) is 0 Å². The minimum Gasteiger partial charge on any atom is -0.378 e. The van der Waals surface area contributed by atoms with Crippen molar-refractivity contribution in [2.24, 2.45) is 0 Å². The summed E-state index contributed by atoms with van der Waals surface area (Å²) in [6.07, 6.45) is 3.74. The number of rotatable bonds is 0. The molecule has 1 heterocycles. The van der Waals surface area contributed by atoms with Crippen molar-refractivity contribution in [3.63, 3.8) is 0 Å². The Balaban J connectivity index is 2.18. The van der Waals surface area contributed by atoms with E-state index in [2.05, 4.69) is 13.3 Å². The fourth-order valence-electron chi connectivity index (χ4n) is 0.625. The van der Waals surface area contributed by atoms with Crippen molar-refractivity contribution >= 4 is 0 Å². The minimum absolute atomic E-state index is 0.421. The van der Waals surface area contributed by atoms with Gasteiger partial charge in [0.15, 0.2) is 0 Å². The van der Waals surface area contributed by atoms with Crippen LogP contribution in [0.1, 0.15) is 13.3 Å². The maximum atomic E-state index is 5.10. The van der Waals surface area contributed by atoms with E-state index in [9.17, 15) is 0 Å². The van der Waals surface area contributed by atoms with Crippen LogP contribution in [0.2, 0.25) is 0 Å². The molecule has 0 aromatic rings. The Morgan fingerprint density at radius 2 is 2.67 bits per heavy atom. The van der Waals surface area contributed by atoms with Gasteiger partial charge in [0.1, 0.15) is 0 Å². The van der Waals surface area contributed by atoms with E-state index in [0.29, 0.717) is 6.10 Å². The molecule has 1 heteroatoms. The Bertz CT molecular complexity index is 37.2. The second-order valence-electron chi connectivity index (χ2n) is 1.60. The summed E-state index contributed by atoms with van der Waals surface area (Å²) in [5.41, 5.74) is 0. The van der Waals surface area contributed by atoms with Gasteiger partial charge in [-0.1, -0.05) is 0 Å². The average molecular weight is 85.1 g/mol. The quantitative estimate of drug-likeness (QED) is 0.426. The van der Waals surface area contributed by atoms with Crippen LogP contribution in [0.15, 0.2) is 0 Å². The van der Waals surface area contributed by atoms with Crippen molar-refractivity contribution in [1.82, 2.24) is 0 Å². The molecule has 1 aliphatic heterocycles. The zero-order chi connectivity index (χ0) is 4.41. The Kier molecular flexibility index (Phi) is 1.10. The molecule has 0 saturated carbocycles. The van der Waals surface area contributed by atoms with Gasteiger partial charge in [0.05, 0.1) is 6.10 Å². The molecular formula is C5H9O. The van der Waals surface area contributed by atoms with Crippen LogP contribution < -0.4 is 0 Å². The molecule has 1 aliphatic rings. The fraction of sp³-hybridized carbons (Fsp3) is 0.800. The van der Waals surface area contributed by atoms with Crippen molar-refractivity contribution in [3.8, 4) is 0 Å². The number of ether oxygens (including phenoxy) is 1. The molecule has 0 aromatic carbocycles. The van der Waals surface area contributed by atoms with E-state index in [0.717, 1.165) is 13.0 Å². The lowest BCUT2D eigenvalue weighted by molar-refractivity contribution is 0.136. The fourth-order valence-corrected chi connectivity index (χ4v) is 0.625. The lowest BCUT2D eigenvalue weighted by Gasteiger charge is -1.94. The molecule has 1 rings (SSSR count). The predicted molar refractivity (Wildman–Crippen MR) is 24.3 cm³/mol. The van der Waals surface area contributed by atoms with Crippen LogP contribution in [0, 0.1) is 6.42 Å². The average Bonchev–Trinajstić information content (AvgIpc) is 1.86. The molecule has 1 nitrogen and oxygen atoms in total. The second-order valence-corrected chi connectivity index (χ2v) is 1.60. The zero-order valence-electron chi connectivity index (χ0n) is 3.98. The van der Waals surface area contributed by atoms with Gasteiger partial charge in [-0.2, -0.15) is 0 Å². The first kappa shape index (κ1) is 4.13.